The number of halogens is 3. The number of hydrogen-bond donors (Lipinski definition) is 1. The average molecular weight is 500 g/mol. The van der Waals surface area contributed by atoms with E-state index in [0.29, 0.717) is 22.7 Å². The Kier molecular flexibility index (Phi) is 11.5. The Hall–Kier alpha value is -1.44. The van der Waals surface area contributed by atoms with Gasteiger partial charge in [-0.3, -0.25) is 0 Å². The van der Waals surface area contributed by atoms with E-state index in [2.05, 4.69) is 44.2 Å². The highest BCUT2D eigenvalue weighted by atomic mass is 35.5. The van der Waals surface area contributed by atoms with Gasteiger partial charge in [0.15, 0.2) is 0 Å². The van der Waals surface area contributed by atoms with Gasteiger partial charge in [-0.2, -0.15) is 0 Å². The molecule has 0 radical (unpaired) electrons. The number of aliphatic hydroxyl groups is 1. The van der Waals surface area contributed by atoms with Crippen molar-refractivity contribution in [2.45, 2.75) is 43.6 Å². The van der Waals surface area contributed by atoms with Gasteiger partial charge < -0.3 is 5.11 Å². The lowest BCUT2D eigenvalue weighted by Crippen LogP contribution is -2.23. The zero-order valence-electron chi connectivity index (χ0n) is 17.4. The van der Waals surface area contributed by atoms with Crippen LogP contribution in [0.5, 0.6) is 0 Å². The Morgan fingerprint density at radius 2 is 1.65 bits per heavy atom. The van der Waals surface area contributed by atoms with Crippen LogP contribution in [-0.2, 0) is 0 Å². The van der Waals surface area contributed by atoms with Crippen LogP contribution in [0.25, 0.3) is 0 Å². The molecule has 1 saturated carbocycles. The van der Waals surface area contributed by atoms with Gasteiger partial charge >= 0.3 is 0 Å². The minimum Gasteiger partial charge on any atom is -0.396 e. The van der Waals surface area contributed by atoms with Gasteiger partial charge in [-0.25, -0.2) is 19.9 Å². The molecule has 2 heterocycles. The van der Waals surface area contributed by atoms with Crippen LogP contribution in [0.3, 0.4) is 0 Å². The predicted octanol–water partition coefficient (Wildman–Crippen LogP) is 6.69. The summed E-state index contributed by atoms with van der Waals surface area (Å²) in [6, 6.07) is 14.1. The third-order valence-corrected chi connectivity index (χ3v) is 5.97. The van der Waals surface area contributed by atoms with Crippen LogP contribution in [0.1, 0.15) is 49.8 Å². The summed E-state index contributed by atoms with van der Waals surface area (Å²) < 4.78 is 0. The Morgan fingerprint density at radius 3 is 2.23 bits per heavy atom. The van der Waals surface area contributed by atoms with Crippen molar-refractivity contribution in [3.63, 3.8) is 0 Å². The molecule has 2 atom stereocenters. The summed E-state index contributed by atoms with van der Waals surface area (Å²) in [5, 5.41) is 10.2. The van der Waals surface area contributed by atoms with Crippen molar-refractivity contribution in [2.75, 3.05) is 12.4 Å². The number of rotatable bonds is 5. The summed E-state index contributed by atoms with van der Waals surface area (Å²) in [7, 11) is 0. The second kappa shape index (κ2) is 13.9. The topological polar surface area (TPSA) is 71.8 Å². The molecule has 166 valence electrons. The van der Waals surface area contributed by atoms with Gasteiger partial charge in [0, 0.05) is 17.9 Å². The monoisotopic (exact) mass is 498 g/mol. The van der Waals surface area contributed by atoms with Crippen LogP contribution in [-0.4, -0.2) is 37.4 Å². The standard InChI is InChI=1S/C14H12Cl2N2.C6H7ClN2OS.C2H6/c15-13-8-12(17-14(16)18-13)11-7-6-10(11)9-4-2-1-3-5-9;7-6-8-2-1-5(9-6)11-4-3-10;1-2/h1-5,8,10-11H,6-7H2;1-2,10H,3-4H2;1-2H3. The SMILES string of the molecule is CC.Clc1cc(C2CCC2c2ccccc2)nc(Cl)n1.OCCSc1ccnc(Cl)n1. The van der Waals surface area contributed by atoms with Gasteiger partial charge in [-0.1, -0.05) is 55.8 Å². The molecule has 5 nitrogen and oxygen atoms in total. The predicted molar refractivity (Wildman–Crippen MR) is 129 cm³/mol. The number of nitrogens with zero attached hydrogens (tertiary/aromatic N) is 4. The van der Waals surface area contributed by atoms with Crippen LogP contribution < -0.4 is 0 Å². The first-order chi connectivity index (χ1) is 15.1. The molecule has 0 saturated heterocycles. The molecule has 9 heteroatoms. The maximum atomic E-state index is 8.50. The third-order valence-electron chi connectivity index (χ3n) is 4.51. The highest BCUT2D eigenvalue weighted by Crippen LogP contribution is 2.48. The largest absolute Gasteiger partial charge is 0.396 e. The number of aliphatic hydroxyl groups excluding tert-OH is 1. The maximum absolute atomic E-state index is 8.50. The molecule has 0 amide bonds. The lowest BCUT2D eigenvalue weighted by atomic mass is 9.68. The minimum absolute atomic E-state index is 0.145. The Balaban J connectivity index is 0.000000226. The van der Waals surface area contributed by atoms with Crippen molar-refractivity contribution < 1.29 is 5.11 Å². The Morgan fingerprint density at radius 1 is 0.935 bits per heavy atom. The van der Waals surface area contributed by atoms with Gasteiger partial charge in [0.05, 0.1) is 12.3 Å². The maximum Gasteiger partial charge on any atom is 0.224 e. The minimum atomic E-state index is 0.145. The van der Waals surface area contributed by atoms with Crippen LogP contribution in [0.2, 0.25) is 15.7 Å². The molecule has 2 aromatic heterocycles. The summed E-state index contributed by atoms with van der Waals surface area (Å²) in [5.74, 6) is 1.56. The molecule has 0 bridgehead atoms. The number of aromatic nitrogens is 4. The molecular weight excluding hydrogens is 475 g/mol. The van der Waals surface area contributed by atoms with Crippen molar-refractivity contribution in [2.24, 2.45) is 0 Å². The van der Waals surface area contributed by atoms with Crippen LogP contribution >= 0.6 is 46.6 Å². The number of hydrogen-bond acceptors (Lipinski definition) is 6. The first kappa shape index (κ1) is 25.8. The van der Waals surface area contributed by atoms with Crippen molar-refractivity contribution in [1.29, 1.82) is 0 Å². The van der Waals surface area contributed by atoms with Gasteiger partial charge in [-0.15, -0.1) is 11.8 Å². The number of benzene rings is 1. The summed E-state index contributed by atoms with van der Waals surface area (Å²) >= 11 is 18.8. The first-order valence-electron chi connectivity index (χ1n) is 10.0. The smallest absolute Gasteiger partial charge is 0.224 e. The van der Waals surface area contributed by atoms with Crippen LogP contribution in [0.4, 0.5) is 0 Å². The second-order valence-electron chi connectivity index (χ2n) is 6.32. The zero-order valence-corrected chi connectivity index (χ0v) is 20.5. The molecule has 3 aromatic rings. The lowest BCUT2D eigenvalue weighted by molar-refractivity contribution is 0.322. The molecule has 1 aliphatic rings. The van der Waals surface area contributed by atoms with E-state index in [1.54, 1.807) is 12.3 Å². The van der Waals surface area contributed by atoms with Gasteiger partial charge in [-0.05, 0) is 59.7 Å². The normalized spacial score (nSPS) is 16.8. The summed E-state index contributed by atoms with van der Waals surface area (Å²) in [4.78, 5) is 15.8. The fourth-order valence-corrected chi connectivity index (χ4v) is 4.33. The third kappa shape index (κ3) is 8.20. The average Bonchev–Trinajstić information content (AvgIpc) is 2.74. The van der Waals surface area contributed by atoms with Crippen molar-refractivity contribution in [3.8, 4) is 0 Å². The van der Waals surface area contributed by atoms with Crippen molar-refractivity contribution >= 4 is 46.6 Å². The molecule has 1 fully saturated rings. The van der Waals surface area contributed by atoms with Crippen molar-refractivity contribution in [1.82, 2.24) is 19.9 Å². The van der Waals surface area contributed by atoms with E-state index in [4.69, 9.17) is 39.9 Å². The quantitative estimate of drug-likeness (QED) is 0.240. The molecule has 4 rings (SSSR count). The van der Waals surface area contributed by atoms with Crippen molar-refractivity contribution in [3.05, 3.63) is 75.6 Å². The Bertz CT molecular complexity index is 913. The first-order valence-corrected chi connectivity index (χ1v) is 12.2. The van der Waals surface area contributed by atoms with E-state index in [9.17, 15) is 0 Å². The van der Waals surface area contributed by atoms with Gasteiger partial charge in [0.1, 0.15) is 10.2 Å². The molecule has 31 heavy (non-hydrogen) atoms. The zero-order chi connectivity index (χ0) is 22.6. The fraction of sp³-hybridized carbons (Fsp3) is 0.364. The van der Waals surface area contributed by atoms with Crippen LogP contribution in [0, 0.1) is 0 Å². The van der Waals surface area contributed by atoms with E-state index in [-0.39, 0.29) is 17.2 Å². The summed E-state index contributed by atoms with van der Waals surface area (Å²) in [6.45, 7) is 4.15. The molecule has 1 aromatic carbocycles. The molecule has 1 aliphatic carbocycles. The fourth-order valence-electron chi connectivity index (χ4n) is 3.10. The van der Waals surface area contributed by atoms with Crippen LogP contribution in [0.15, 0.2) is 53.7 Å². The molecule has 0 spiro atoms. The van der Waals surface area contributed by atoms with E-state index in [0.717, 1.165) is 17.1 Å². The van der Waals surface area contributed by atoms with E-state index >= 15 is 0 Å². The van der Waals surface area contributed by atoms with E-state index in [1.807, 2.05) is 26.0 Å². The van der Waals surface area contributed by atoms with E-state index < -0.39 is 0 Å². The molecular formula is C22H25Cl3N4OS. The molecule has 1 N–H and O–H groups in total. The Labute approximate surface area is 202 Å². The second-order valence-corrected chi connectivity index (χ2v) is 8.50. The summed E-state index contributed by atoms with van der Waals surface area (Å²) in [5.41, 5.74) is 2.32. The highest BCUT2D eigenvalue weighted by Gasteiger charge is 2.34. The van der Waals surface area contributed by atoms with E-state index in [1.165, 1.54) is 23.7 Å². The summed E-state index contributed by atoms with van der Waals surface area (Å²) in [6.07, 6.45) is 3.91. The highest BCUT2D eigenvalue weighted by molar-refractivity contribution is 7.99. The van der Waals surface area contributed by atoms with Gasteiger partial charge in [0.25, 0.3) is 0 Å². The lowest BCUT2D eigenvalue weighted by Gasteiger charge is -2.36. The van der Waals surface area contributed by atoms with Gasteiger partial charge in [0.2, 0.25) is 10.6 Å². The number of thioether (sulfide) groups is 1. The molecule has 2 unspecified atom stereocenters. The molecule has 0 aliphatic heterocycles.